The fourth-order valence-electron chi connectivity index (χ4n) is 1.16. The molecule has 0 aliphatic rings. The molecule has 0 spiro atoms. The lowest BCUT2D eigenvalue weighted by atomic mass is 10.1. The van der Waals surface area contributed by atoms with E-state index >= 15 is 0 Å². The molecule has 16 heavy (non-hydrogen) atoms. The molecule has 0 radical (unpaired) electrons. The summed E-state index contributed by atoms with van der Waals surface area (Å²) in [5.41, 5.74) is 1.96. The van der Waals surface area contributed by atoms with Crippen molar-refractivity contribution in [3.63, 3.8) is 0 Å². The highest BCUT2D eigenvalue weighted by atomic mass is 79.9. The third kappa shape index (κ3) is 3.98. The van der Waals surface area contributed by atoms with Crippen molar-refractivity contribution < 1.29 is 9.84 Å². The van der Waals surface area contributed by atoms with Gasteiger partial charge in [-0.2, -0.15) is 0 Å². The van der Waals surface area contributed by atoms with Crippen LogP contribution < -0.4 is 4.74 Å². The third-order valence-corrected chi connectivity index (χ3v) is 3.00. The highest BCUT2D eigenvalue weighted by molar-refractivity contribution is 9.10. The number of rotatable bonds is 4. The Bertz CT molecular complexity index is 392. The first-order valence-electron chi connectivity index (χ1n) is 4.59. The monoisotopic (exact) mass is 324 g/mol. The first-order chi connectivity index (χ1) is 7.54. The molecule has 1 atom stereocenters. The van der Waals surface area contributed by atoms with Crippen molar-refractivity contribution in [2.75, 3.05) is 6.61 Å². The smallest absolute Gasteiger partial charge is 0.126 e. The van der Waals surface area contributed by atoms with Gasteiger partial charge in [0.25, 0.3) is 0 Å². The van der Waals surface area contributed by atoms with Gasteiger partial charge < -0.3 is 9.84 Å². The van der Waals surface area contributed by atoms with Crippen molar-refractivity contribution >= 4 is 39.1 Å². The van der Waals surface area contributed by atoms with E-state index in [0.29, 0.717) is 16.3 Å². The summed E-state index contributed by atoms with van der Waals surface area (Å²) in [4.78, 5) is 0. The van der Waals surface area contributed by atoms with Crippen LogP contribution in [-0.4, -0.2) is 11.7 Å². The van der Waals surface area contributed by atoms with Crippen molar-refractivity contribution in [1.82, 2.24) is 0 Å². The van der Waals surface area contributed by atoms with Gasteiger partial charge in [-0.05, 0) is 19.1 Å². The Hall–Kier alpha value is -0.220. The second kappa shape index (κ2) is 6.50. The molecule has 0 saturated heterocycles. The van der Waals surface area contributed by atoms with Gasteiger partial charge in [0.2, 0.25) is 0 Å². The Morgan fingerprint density at radius 2 is 2.31 bits per heavy atom. The minimum absolute atomic E-state index is 0.182. The fraction of sp³-hybridized carbons (Fsp3) is 0.273. The van der Waals surface area contributed by atoms with Gasteiger partial charge in [-0.3, -0.25) is 0 Å². The van der Waals surface area contributed by atoms with Crippen LogP contribution in [0.15, 0.2) is 33.2 Å². The maximum Gasteiger partial charge on any atom is 0.126 e. The molecule has 0 fully saturated rings. The zero-order valence-corrected chi connectivity index (χ0v) is 11.7. The van der Waals surface area contributed by atoms with Crippen LogP contribution >= 0.6 is 39.1 Å². The Morgan fingerprint density at radius 1 is 1.62 bits per heavy atom. The number of benzene rings is 1. The maximum atomic E-state index is 9.55. The quantitative estimate of drug-likeness (QED) is 0.899. The lowest BCUT2D eigenvalue weighted by Gasteiger charge is -2.13. The highest BCUT2D eigenvalue weighted by Crippen LogP contribution is 2.29. The topological polar surface area (TPSA) is 29.5 Å². The molecule has 0 aliphatic heterocycles. The van der Waals surface area contributed by atoms with E-state index in [1.54, 1.807) is 19.1 Å². The lowest BCUT2D eigenvalue weighted by molar-refractivity contribution is 0.193. The van der Waals surface area contributed by atoms with Crippen molar-refractivity contribution in [3.8, 4) is 5.75 Å². The first kappa shape index (κ1) is 13.8. The molecule has 0 bridgehead atoms. The standard InChI is InChI=1S/C11H11BrCl2O2/c1-7(15)10-3-2-8(12)4-11(10)16-6-9(14)5-13/h2-5,7,15H,6H2,1H3/b9-5-. The van der Waals surface area contributed by atoms with E-state index in [0.717, 1.165) is 4.47 Å². The molecule has 0 aromatic heterocycles. The van der Waals surface area contributed by atoms with Crippen LogP contribution in [0.2, 0.25) is 0 Å². The summed E-state index contributed by atoms with van der Waals surface area (Å²) < 4.78 is 6.33. The van der Waals surface area contributed by atoms with E-state index in [9.17, 15) is 5.11 Å². The van der Waals surface area contributed by atoms with E-state index in [-0.39, 0.29) is 6.61 Å². The van der Waals surface area contributed by atoms with Crippen LogP contribution in [0.1, 0.15) is 18.6 Å². The molecule has 1 unspecified atom stereocenters. The van der Waals surface area contributed by atoms with Gasteiger partial charge in [0, 0.05) is 15.6 Å². The van der Waals surface area contributed by atoms with Crippen LogP contribution in [0.4, 0.5) is 0 Å². The minimum atomic E-state index is -0.596. The van der Waals surface area contributed by atoms with Gasteiger partial charge in [0.1, 0.15) is 12.4 Å². The average Bonchev–Trinajstić information content (AvgIpc) is 2.25. The molecule has 1 aromatic carbocycles. The SMILES string of the molecule is CC(O)c1ccc(Br)cc1OC/C(Cl)=C/Cl. The zero-order valence-electron chi connectivity index (χ0n) is 8.58. The first-order valence-corrected chi connectivity index (χ1v) is 6.20. The maximum absolute atomic E-state index is 9.55. The molecular weight excluding hydrogens is 315 g/mol. The van der Waals surface area contributed by atoms with Gasteiger partial charge in [0.15, 0.2) is 0 Å². The third-order valence-electron chi connectivity index (χ3n) is 1.91. The number of hydrogen-bond acceptors (Lipinski definition) is 2. The zero-order chi connectivity index (χ0) is 12.1. The van der Waals surface area contributed by atoms with Crippen molar-refractivity contribution in [1.29, 1.82) is 0 Å². The van der Waals surface area contributed by atoms with E-state index in [1.165, 1.54) is 5.54 Å². The van der Waals surface area contributed by atoms with Gasteiger partial charge in [-0.1, -0.05) is 45.2 Å². The van der Waals surface area contributed by atoms with Gasteiger partial charge in [-0.25, -0.2) is 0 Å². The van der Waals surface area contributed by atoms with E-state index in [2.05, 4.69) is 15.9 Å². The number of hydrogen-bond donors (Lipinski definition) is 1. The minimum Gasteiger partial charge on any atom is -0.488 e. The Labute approximate surface area is 113 Å². The molecular formula is C11H11BrCl2O2. The Morgan fingerprint density at radius 3 is 2.88 bits per heavy atom. The van der Waals surface area contributed by atoms with Gasteiger partial charge in [-0.15, -0.1) is 0 Å². The summed E-state index contributed by atoms with van der Waals surface area (Å²) >= 11 is 14.5. The second-order valence-electron chi connectivity index (χ2n) is 3.20. The molecule has 0 aliphatic carbocycles. The number of aliphatic hydroxyl groups excluding tert-OH is 1. The normalized spacial score (nSPS) is 13.7. The summed E-state index contributed by atoms with van der Waals surface area (Å²) in [6.45, 7) is 1.86. The highest BCUT2D eigenvalue weighted by Gasteiger charge is 2.09. The summed E-state index contributed by atoms with van der Waals surface area (Å²) in [6.07, 6.45) is -0.596. The molecule has 0 heterocycles. The van der Waals surface area contributed by atoms with Crippen LogP contribution in [0, 0.1) is 0 Å². The van der Waals surface area contributed by atoms with E-state index in [4.69, 9.17) is 27.9 Å². The van der Waals surface area contributed by atoms with Crippen LogP contribution in [0.3, 0.4) is 0 Å². The lowest BCUT2D eigenvalue weighted by Crippen LogP contribution is -2.02. The van der Waals surface area contributed by atoms with Gasteiger partial charge in [0.05, 0.1) is 11.1 Å². The Balaban J connectivity index is 2.88. The van der Waals surface area contributed by atoms with Crippen molar-refractivity contribution in [2.45, 2.75) is 13.0 Å². The fourth-order valence-corrected chi connectivity index (χ4v) is 1.61. The summed E-state index contributed by atoms with van der Waals surface area (Å²) in [5.74, 6) is 0.584. The van der Waals surface area contributed by atoms with Crippen molar-refractivity contribution in [3.05, 3.63) is 38.8 Å². The Kier molecular flexibility index (Phi) is 5.62. The average molecular weight is 326 g/mol. The summed E-state index contributed by atoms with van der Waals surface area (Å²) in [7, 11) is 0. The van der Waals surface area contributed by atoms with Crippen LogP contribution in [-0.2, 0) is 0 Å². The summed E-state index contributed by atoms with van der Waals surface area (Å²) in [6, 6.07) is 5.41. The molecule has 1 aromatic rings. The number of ether oxygens (including phenoxy) is 1. The number of halogens is 3. The molecule has 1 rings (SSSR count). The molecule has 1 N–H and O–H groups in total. The molecule has 2 nitrogen and oxygen atoms in total. The molecule has 5 heteroatoms. The van der Waals surface area contributed by atoms with Crippen molar-refractivity contribution in [2.24, 2.45) is 0 Å². The van der Waals surface area contributed by atoms with Crippen LogP contribution in [0.25, 0.3) is 0 Å². The predicted octanol–water partition coefficient (Wildman–Crippen LogP) is 4.20. The largest absolute Gasteiger partial charge is 0.488 e. The van der Waals surface area contributed by atoms with E-state index < -0.39 is 6.10 Å². The molecule has 0 saturated carbocycles. The summed E-state index contributed by atoms with van der Waals surface area (Å²) in [5, 5.41) is 9.95. The molecule has 0 amide bonds. The second-order valence-corrected chi connectivity index (χ2v) is 4.82. The van der Waals surface area contributed by atoms with Crippen LogP contribution in [0.5, 0.6) is 5.75 Å². The number of aliphatic hydroxyl groups is 1. The van der Waals surface area contributed by atoms with Gasteiger partial charge >= 0.3 is 0 Å². The predicted molar refractivity (Wildman–Crippen MR) is 70.1 cm³/mol. The van der Waals surface area contributed by atoms with E-state index in [1.807, 2.05) is 6.07 Å². The molecule has 88 valence electrons.